The van der Waals surface area contributed by atoms with Crippen molar-refractivity contribution in [1.29, 1.82) is 0 Å². The molecule has 0 aliphatic carbocycles. The average Bonchev–Trinajstić information content (AvgIpc) is 2.81. The molecule has 1 atom stereocenters. The minimum absolute atomic E-state index is 0.0937. The van der Waals surface area contributed by atoms with Gasteiger partial charge in [0, 0.05) is 18.5 Å². The van der Waals surface area contributed by atoms with Gasteiger partial charge in [-0.2, -0.15) is 0 Å². The lowest BCUT2D eigenvalue weighted by Gasteiger charge is -2.38. The predicted octanol–water partition coefficient (Wildman–Crippen LogP) is 4.51. The van der Waals surface area contributed by atoms with E-state index in [1.54, 1.807) is 12.1 Å². The Morgan fingerprint density at radius 2 is 1.59 bits per heavy atom. The van der Waals surface area contributed by atoms with Crippen molar-refractivity contribution in [2.24, 2.45) is 5.73 Å². The number of amides is 2. The van der Waals surface area contributed by atoms with Crippen LogP contribution >= 0.6 is 0 Å². The molecule has 0 aromatic heterocycles. The quantitative estimate of drug-likeness (QED) is 0.498. The maximum absolute atomic E-state index is 13.2. The number of carbonyl (C=O) groups excluding carboxylic acids is 2. The van der Waals surface area contributed by atoms with Gasteiger partial charge in [-0.15, -0.1) is 0 Å². The number of fused-ring (bicyclic) bond motifs is 2. The largest absolute Gasteiger partial charge is 0.366 e. The number of primary amides is 1. The SMILES string of the molecule is NC(=O)c1ccc2c(c1)NC(=O)C(Cc1ccccc1)N2Cc1ccc2ccccc2c1. The number of hydrogen-bond acceptors (Lipinski definition) is 3. The summed E-state index contributed by atoms with van der Waals surface area (Å²) in [5.41, 5.74) is 9.52. The van der Waals surface area contributed by atoms with E-state index in [0.717, 1.165) is 22.2 Å². The normalized spacial score (nSPS) is 15.3. The molecule has 5 heteroatoms. The first kappa shape index (κ1) is 19.8. The van der Waals surface area contributed by atoms with E-state index in [0.29, 0.717) is 24.2 Å². The molecule has 1 heterocycles. The molecule has 1 aliphatic rings. The summed E-state index contributed by atoms with van der Waals surface area (Å²) in [5, 5.41) is 5.33. The zero-order chi connectivity index (χ0) is 22.1. The Bertz CT molecular complexity index is 1320. The van der Waals surface area contributed by atoms with Crippen LogP contribution in [0.1, 0.15) is 21.5 Å². The summed E-state index contributed by atoms with van der Waals surface area (Å²) in [7, 11) is 0. The summed E-state index contributed by atoms with van der Waals surface area (Å²) in [6, 6.07) is 29.5. The first-order valence-electron chi connectivity index (χ1n) is 10.6. The maximum atomic E-state index is 13.2. The number of anilines is 2. The molecular formula is C27H23N3O2. The molecule has 4 aromatic carbocycles. The minimum atomic E-state index is -0.519. The van der Waals surface area contributed by atoms with Crippen molar-refractivity contribution in [1.82, 2.24) is 0 Å². The molecule has 0 saturated carbocycles. The standard InChI is InChI=1S/C27H23N3O2/c28-26(31)22-12-13-24-23(16-22)29-27(32)25(15-18-6-2-1-3-7-18)30(24)17-19-10-11-20-8-4-5-9-21(20)14-19/h1-14,16,25H,15,17H2,(H2,28,31)(H,29,32). The van der Waals surface area contributed by atoms with Crippen molar-refractivity contribution in [2.75, 3.05) is 10.2 Å². The zero-order valence-corrected chi connectivity index (χ0v) is 17.5. The Morgan fingerprint density at radius 3 is 2.38 bits per heavy atom. The molecule has 0 radical (unpaired) electrons. The maximum Gasteiger partial charge on any atom is 0.248 e. The van der Waals surface area contributed by atoms with E-state index in [1.807, 2.05) is 48.5 Å². The van der Waals surface area contributed by atoms with Gasteiger partial charge in [0.25, 0.3) is 0 Å². The van der Waals surface area contributed by atoms with E-state index in [9.17, 15) is 9.59 Å². The molecule has 0 bridgehead atoms. The van der Waals surface area contributed by atoms with E-state index in [4.69, 9.17) is 5.73 Å². The van der Waals surface area contributed by atoms with E-state index in [2.05, 4.69) is 40.5 Å². The Balaban J connectivity index is 1.56. The highest BCUT2D eigenvalue weighted by Crippen LogP contribution is 2.35. The van der Waals surface area contributed by atoms with Gasteiger partial charge in [-0.25, -0.2) is 0 Å². The number of rotatable bonds is 5. The van der Waals surface area contributed by atoms with Crippen LogP contribution < -0.4 is 16.0 Å². The highest BCUT2D eigenvalue weighted by atomic mass is 16.2. The number of benzene rings is 4. The second-order valence-corrected chi connectivity index (χ2v) is 8.10. The molecule has 2 amide bonds. The van der Waals surface area contributed by atoms with Crippen LogP contribution in [0.25, 0.3) is 10.8 Å². The molecule has 3 N–H and O–H groups in total. The lowest BCUT2D eigenvalue weighted by Crippen LogP contribution is -2.49. The molecule has 1 aliphatic heterocycles. The summed E-state index contributed by atoms with van der Waals surface area (Å²) < 4.78 is 0. The average molecular weight is 422 g/mol. The summed E-state index contributed by atoms with van der Waals surface area (Å²) in [6.07, 6.45) is 0.581. The highest BCUT2D eigenvalue weighted by molar-refractivity contribution is 6.05. The summed E-state index contributed by atoms with van der Waals surface area (Å²) in [5.74, 6) is -0.613. The van der Waals surface area contributed by atoms with E-state index >= 15 is 0 Å². The molecule has 0 spiro atoms. The molecular weight excluding hydrogens is 398 g/mol. The van der Waals surface area contributed by atoms with Crippen LogP contribution in [0.2, 0.25) is 0 Å². The number of nitrogens with one attached hydrogen (secondary N) is 1. The lowest BCUT2D eigenvalue weighted by atomic mass is 9.98. The number of carbonyl (C=O) groups is 2. The van der Waals surface area contributed by atoms with Crippen LogP contribution in [-0.2, 0) is 17.8 Å². The van der Waals surface area contributed by atoms with Crippen molar-refractivity contribution < 1.29 is 9.59 Å². The minimum Gasteiger partial charge on any atom is -0.366 e. The van der Waals surface area contributed by atoms with Crippen molar-refractivity contribution in [3.63, 3.8) is 0 Å². The lowest BCUT2D eigenvalue weighted by molar-refractivity contribution is -0.117. The Labute approximate surface area is 186 Å². The summed E-state index contributed by atoms with van der Waals surface area (Å²) >= 11 is 0. The van der Waals surface area contributed by atoms with Gasteiger partial charge in [-0.1, -0.05) is 66.7 Å². The van der Waals surface area contributed by atoms with E-state index in [-0.39, 0.29) is 11.9 Å². The fourth-order valence-electron chi connectivity index (χ4n) is 4.33. The summed E-state index contributed by atoms with van der Waals surface area (Å²) in [6.45, 7) is 0.568. The Morgan fingerprint density at radius 1 is 0.844 bits per heavy atom. The van der Waals surface area contributed by atoms with Crippen LogP contribution in [0, 0.1) is 0 Å². The predicted molar refractivity (Wildman–Crippen MR) is 128 cm³/mol. The molecule has 32 heavy (non-hydrogen) atoms. The smallest absolute Gasteiger partial charge is 0.248 e. The van der Waals surface area contributed by atoms with Crippen LogP contribution in [0.5, 0.6) is 0 Å². The number of nitrogens with two attached hydrogens (primary N) is 1. The molecule has 0 saturated heterocycles. The van der Waals surface area contributed by atoms with E-state index in [1.165, 1.54) is 5.39 Å². The number of nitrogens with zero attached hydrogens (tertiary/aromatic N) is 1. The summed E-state index contributed by atoms with van der Waals surface area (Å²) in [4.78, 5) is 27.0. The van der Waals surface area contributed by atoms with Crippen LogP contribution in [0.15, 0.2) is 91.0 Å². The van der Waals surface area contributed by atoms with Gasteiger partial charge >= 0.3 is 0 Å². The molecule has 4 aromatic rings. The highest BCUT2D eigenvalue weighted by Gasteiger charge is 2.33. The van der Waals surface area contributed by atoms with Gasteiger partial charge in [0.05, 0.1) is 11.4 Å². The van der Waals surface area contributed by atoms with Gasteiger partial charge in [-0.3, -0.25) is 9.59 Å². The van der Waals surface area contributed by atoms with Crippen LogP contribution in [-0.4, -0.2) is 17.9 Å². The van der Waals surface area contributed by atoms with Gasteiger partial charge in [0.1, 0.15) is 6.04 Å². The van der Waals surface area contributed by atoms with Gasteiger partial charge in [-0.05, 0) is 46.2 Å². The van der Waals surface area contributed by atoms with E-state index < -0.39 is 5.91 Å². The molecule has 5 nitrogen and oxygen atoms in total. The Hall–Kier alpha value is -4.12. The van der Waals surface area contributed by atoms with Gasteiger partial charge < -0.3 is 16.0 Å². The van der Waals surface area contributed by atoms with Crippen molar-refractivity contribution in [3.05, 3.63) is 108 Å². The topological polar surface area (TPSA) is 75.4 Å². The zero-order valence-electron chi connectivity index (χ0n) is 17.5. The number of hydrogen-bond donors (Lipinski definition) is 2. The molecule has 1 unspecified atom stereocenters. The first-order chi connectivity index (χ1) is 15.6. The van der Waals surface area contributed by atoms with Crippen LogP contribution in [0.3, 0.4) is 0 Å². The van der Waals surface area contributed by atoms with Crippen molar-refractivity contribution >= 4 is 34.0 Å². The van der Waals surface area contributed by atoms with Gasteiger partial charge in [0.15, 0.2) is 0 Å². The second-order valence-electron chi connectivity index (χ2n) is 8.10. The fraction of sp³-hybridized carbons (Fsp3) is 0.111. The Kier molecular flexibility index (Phi) is 5.07. The van der Waals surface area contributed by atoms with Crippen molar-refractivity contribution in [3.8, 4) is 0 Å². The monoisotopic (exact) mass is 421 g/mol. The van der Waals surface area contributed by atoms with Gasteiger partial charge in [0.2, 0.25) is 11.8 Å². The third kappa shape index (κ3) is 3.81. The molecule has 158 valence electrons. The fourth-order valence-corrected chi connectivity index (χ4v) is 4.33. The van der Waals surface area contributed by atoms with Crippen LogP contribution in [0.4, 0.5) is 11.4 Å². The van der Waals surface area contributed by atoms with Crippen molar-refractivity contribution in [2.45, 2.75) is 19.0 Å². The third-order valence-corrected chi connectivity index (χ3v) is 5.97. The second kappa shape index (κ2) is 8.19. The molecule has 0 fully saturated rings. The first-order valence-corrected chi connectivity index (χ1v) is 10.6. The third-order valence-electron chi connectivity index (χ3n) is 5.97. The molecule has 5 rings (SSSR count).